The molecule has 2 aromatic rings. The van der Waals surface area contributed by atoms with Gasteiger partial charge < -0.3 is 14.5 Å². The summed E-state index contributed by atoms with van der Waals surface area (Å²) in [5, 5.41) is 0. The number of methoxy groups -OCH3 is 1. The lowest BCUT2D eigenvalue weighted by Gasteiger charge is -2.34. The van der Waals surface area contributed by atoms with Crippen molar-refractivity contribution in [3.8, 4) is 5.75 Å². The molecular weight excluding hydrogens is 304 g/mol. The Balaban J connectivity index is 1.54. The van der Waals surface area contributed by atoms with E-state index in [0.29, 0.717) is 13.1 Å². The van der Waals surface area contributed by atoms with Gasteiger partial charge in [-0.05, 0) is 29.8 Å². The average molecular weight is 324 g/mol. The molecule has 1 aromatic carbocycles. The number of hydrogen-bond donors (Lipinski definition) is 0. The van der Waals surface area contributed by atoms with Crippen LogP contribution in [0.5, 0.6) is 5.75 Å². The van der Waals surface area contributed by atoms with Gasteiger partial charge in [0.2, 0.25) is 11.9 Å². The molecule has 1 aromatic heterocycles. The maximum atomic E-state index is 12.3. The molecule has 0 unspecified atom stereocenters. The van der Waals surface area contributed by atoms with Gasteiger partial charge in [0, 0.05) is 44.6 Å². The molecule has 6 nitrogen and oxygen atoms in total. The highest BCUT2D eigenvalue weighted by molar-refractivity contribution is 5.92. The number of carbonyl (C=O) groups excluding carboxylic acids is 1. The second kappa shape index (κ2) is 7.59. The molecule has 6 heteroatoms. The molecule has 0 N–H and O–H groups in total. The van der Waals surface area contributed by atoms with Crippen molar-refractivity contribution in [1.82, 2.24) is 14.9 Å². The van der Waals surface area contributed by atoms with E-state index in [9.17, 15) is 4.79 Å². The lowest BCUT2D eigenvalue weighted by Crippen LogP contribution is -2.48. The molecule has 1 amide bonds. The van der Waals surface area contributed by atoms with E-state index in [1.54, 1.807) is 31.6 Å². The van der Waals surface area contributed by atoms with Crippen molar-refractivity contribution < 1.29 is 9.53 Å². The summed E-state index contributed by atoms with van der Waals surface area (Å²) < 4.78 is 5.12. The van der Waals surface area contributed by atoms with E-state index >= 15 is 0 Å². The number of carbonyl (C=O) groups is 1. The quantitative estimate of drug-likeness (QED) is 0.803. The van der Waals surface area contributed by atoms with Crippen molar-refractivity contribution in [1.29, 1.82) is 0 Å². The van der Waals surface area contributed by atoms with Gasteiger partial charge in [0.1, 0.15) is 5.75 Å². The minimum absolute atomic E-state index is 0.0273. The number of anilines is 1. The molecule has 3 rings (SSSR count). The fourth-order valence-electron chi connectivity index (χ4n) is 2.57. The van der Waals surface area contributed by atoms with Crippen molar-refractivity contribution in [2.24, 2.45) is 0 Å². The van der Waals surface area contributed by atoms with Crippen molar-refractivity contribution in [3.05, 3.63) is 54.4 Å². The number of rotatable bonds is 4. The summed E-state index contributed by atoms with van der Waals surface area (Å²) in [6, 6.07) is 9.40. The zero-order valence-corrected chi connectivity index (χ0v) is 13.6. The lowest BCUT2D eigenvalue weighted by molar-refractivity contribution is -0.126. The molecule has 1 saturated heterocycles. The van der Waals surface area contributed by atoms with Crippen LogP contribution in [0.15, 0.2) is 48.8 Å². The first-order valence-electron chi connectivity index (χ1n) is 7.89. The van der Waals surface area contributed by atoms with Gasteiger partial charge in [0.25, 0.3) is 0 Å². The first-order valence-corrected chi connectivity index (χ1v) is 7.89. The first-order chi connectivity index (χ1) is 11.8. The summed E-state index contributed by atoms with van der Waals surface area (Å²) in [6.07, 6.45) is 6.92. The summed E-state index contributed by atoms with van der Waals surface area (Å²) in [5.41, 5.74) is 0.973. The van der Waals surface area contributed by atoms with Gasteiger partial charge in [0.15, 0.2) is 0 Å². The van der Waals surface area contributed by atoms with Gasteiger partial charge in [-0.3, -0.25) is 4.79 Å². The van der Waals surface area contributed by atoms with Crippen LogP contribution in [0, 0.1) is 0 Å². The summed E-state index contributed by atoms with van der Waals surface area (Å²) in [6.45, 7) is 2.83. The molecule has 1 aliphatic heterocycles. The van der Waals surface area contributed by atoms with Crippen LogP contribution >= 0.6 is 0 Å². The first kappa shape index (κ1) is 16.0. The Hall–Kier alpha value is -2.89. The molecular formula is C18H20N4O2. The summed E-state index contributed by atoms with van der Waals surface area (Å²) in [7, 11) is 1.63. The molecule has 0 saturated carbocycles. The van der Waals surface area contributed by atoms with E-state index in [1.807, 2.05) is 35.2 Å². The fourth-order valence-corrected chi connectivity index (χ4v) is 2.57. The smallest absolute Gasteiger partial charge is 0.246 e. The van der Waals surface area contributed by atoms with Crippen molar-refractivity contribution in [2.45, 2.75) is 0 Å². The third kappa shape index (κ3) is 3.90. The Kier molecular flexibility index (Phi) is 5.05. The zero-order valence-electron chi connectivity index (χ0n) is 13.6. The topological polar surface area (TPSA) is 58.6 Å². The van der Waals surface area contributed by atoms with E-state index in [4.69, 9.17) is 4.74 Å². The summed E-state index contributed by atoms with van der Waals surface area (Å²) in [5.74, 6) is 1.55. The predicted molar refractivity (Wildman–Crippen MR) is 92.9 cm³/mol. The minimum atomic E-state index is 0.0273. The van der Waals surface area contributed by atoms with Crippen LogP contribution in [0.2, 0.25) is 0 Å². The van der Waals surface area contributed by atoms with Crippen LogP contribution in [0.1, 0.15) is 5.56 Å². The van der Waals surface area contributed by atoms with Gasteiger partial charge in [-0.2, -0.15) is 0 Å². The Bertz CT molecular complexity index is 693. The van der Waals surface area contributed by atoms with E-state index in [0.717, 1.165) is 30.4 Å². The number of benzene rings is 1. The van der Waals surface area contributed by atoms with Crippen LogP contribution in [-0.4, -0.2) is 54.1 Å². The summed E-state index contributed by atoms with van der Waals surface area (Å²) in [4.78, 5) is 24.7. The molecule has 0 bridgehead atoms. The lowest BCUT2D eigenvalue weighted by atomic mass is 10.2. The fraction of sp³-hybridized carbons (Fsp3) is 0.278. The molecule has 0 radical (unpaired) electrons. The number of aromatic nitrogens is 2. The van der Waals surface area contributed by atoms with Crippen molar-refractivity contribution in [2.75, 3.05) is 38.2 Å². The Morgan fingerprint density at radius 3 is 2.38 bits per heavy atom. The van der Waals surface area contributed by atoms with Crippen LogP contribution in [0.25, 0.3) is 6.08 Å². The molecule has 124 valence electrons. The SMILES string of the molecule is COc1ccc(/C=C/C(=O)N2CCN(c3ncccn3)CC2)cc1. The van der Waals surface area contributed by atoms with Gasteiger partial charge >= 0.3 is 0 Å². The normalized spacial score (nSPS) is 14.9. The van der Waals surface area contributed by atoms with Gasteiger partial charge in [-0.25, -0.2) is 9.97 Å². The number of piperazine rings is 1. The Morgan fingerprint density at radius 1 is 1.08 bits per heavy atom. The second-order valence-corrected chi connectivity index (χ2v) is 5.47. The second-order valence-electron chi connectivity index (χ2n) is 5.47. The van der Waals surface area contributed by atoms with Crippen LogP contribution in [0.3, 0.4) is 0 Å². The molecule has 1 aliphatic rings. The molecule has 0 atom stereocenters. The highest BCUT2D eigenvalue weighted by Gasteiger charge is 2.20. The zero-order chi connectivity index (χ0) is 16.8. The van der Waals surface area contributed by atoms with E-state index in [1.165, 1.54) is 0 Å². The molecule has 24 heavy (non-hydrogen) atoms. The predicted octanol–water partition coefficient (Wildman–Crippen LogP) is 1.85. The van der Waals surface area contributed by atoms with Crippen molar-refractivity contribution in [3.63, 3.8) is 0 Å². The van der Waals surface area contributed by atoms with Gasteiger partial charge in [0.05, 0.1) is 7.11 Å². The summed E-state index contributed by atoms with van der Waals surface area (Å²) >= 11 is 0. The maximum Gasteiger partial charge on any atom is 0.246 e. The van der Waals surface area contributed by atoms with E-state index in [2.05, 4.69) is 14.9 Å². The standard InChI is InChI=1S/C18H20N4O2/c1-24-16-6-3-15(4-7-16)5-8-17(23)21-11-13-22(14-12-21)18-19-9-2-10-20-18/h2-10H,11-14H2,1H3/b8-5+. The molecule has 1 fully saturated rings. The Morgan fingerprint density at radius 2 is 1.75 bits per heavy atom. The maximum absolute atomic E-state index is 12.3. The Labute approximate surface area is 141 Å². The van der Waals surface area contributed by atoms with Gasteiger partial charge in [-0.1, -0.05) is 12.1 Å². The highest BCUT2D eigenvalue weighted by Crippen LogP contribution is 2.13. The third-order valence-corrected chi connectivity index (χ3v) is 3.96. The number of ether oxygens (including phenoxy) is 1. The average Bonchev–Trinajstić information content (AvgIpc) is 2.67. The molecule has 0 spiro atoms. The monoisotopic (exact) mass is 324 g/mol. The van der Waals surface area contributed by atoms with Crippen molar-refractivity contribution >= 4 is 17.9 Å². The van der Waals surface area contributed by atoms with E-state index < -0.39 is 0 Å². The number of amides is 1. The van der Waals surface area contributed by atoms with Gasteiger partial charge in [-0.15, -0.1) is 0 Å². The van der Waals surface area contributed by atoms with Crippen LogP contribution in [0.4, 0.5) is 5.95 Å². The largest absolute Gasteiger partial charge is 0.497 e. The number of nitrogens with zero attached hydrogens (tertiary/aromatic N) is 4. The van der Waals surface area contributed by atoms with E-state index in [-0.39, 0.29) is 5.91 Å². The van der Waals surface area contributed by atoms with Crippen LogP contribution < -0.4 is 9.64 Å². The number of hydrogen-bond acceptors (Lipinski definition) is 5. The molecule has 2 heterocycles. The minimum Gasteiger partial charge on any atom is -0.497 e. The molecule has 0 aliphatic carbocycles. The van der Waals surface area contributed by atoms with Crippen LogP contribution in [-0.2, 0) is 4.79 Å². The highest BCUT2D eigenvalue weighted by atomic mass is 16.5. The third-order valence-electron chi connectivity index (χ3n) is 3.96.